The Bertz CT molecular complexity index is 654. The highest BCUT2D eigenvalue weighted by molar-refractivity contribution is 6.08. The largest absolute Gasteiger partial charge is 0.460 e. The first-order valence-corrected chi connectivity index (χ1v) is 7.97. The van der Waals surface area contributed by atoms with Crippen molar-refractivity contribution in [2.75, 3.05) is 5.32 Å². The molecule has 0 heterocycles. The Morgan fingerprint density at radius 2 is 1.67 bits per heavy atom. The second kappa shape index (κ2) is 7.16. The number of anilines is 1. The van der Waals surface area contributed by atoms with Crippen LogP contribution in [-0.2, 0) is 14.3 Å². The van der Waals surface area contributed by atoms with Crippen molar-refractivity contribution < 1.29 is 19.1 Å². The van der Waals surface area contributed by atoms with Gasteiger partial charge in [0, 0.05) is 17.9 Å². The SMILES string of the molecule is CC(=O)Nc1c(C)cccc1C(=O)C(C)(C)CC(=O)OC(C)(C)C. The van der Waals surface area contributed by atoms with Crippen LogP contribution >= 0.6 is 0 Å². The second-order valence-electron chi connectivity index (χ2n) is 7.65. The van der Waals surface area contributed by atoms with Crippen molar-refractivity contribution in [2.45, 2.75) is 60.5 Å². The van der Waals surface area contributed by atoms with Crippen LogP contribution in [0.3, 0.4) is 0 Å². The number of benzene rings is 1. The van der Waals surface area contributed by atoms with E-state index >= 15 is 0 Å². The number of nitrogens with one attached hydrogen (secondary N) is 1. The molecule has 0 saturated heterocycles. The van der Waals surface area contributed by atoms with Gasteiger partial charge in [-0.3, -0.25) is 14.4 Å². The monoisotopic (exact) mass is 333 g/mol. The van der Waals surface area contributed by atoms with Crippen LogP contribution in [0.25, 0.3) is 0 Å². The molecule has 0 bridgehead atoms. The Labute approximate surface area is 143 Å². The van der Waals surface area contributed by atoms with Gasteiger partial charge >= 0.3 is 5.97 Å². The van der Waals surface area contributed by atoms with Gasteiger partial charge in [0.25, 0.3) is 0 Å². The Balaban J connectivity index is 3.10. The quantitative estimate of drug-likeness (QED) is 0.655. The van der Waals surface area contributed by atoms with E-state index in [2.05, 4.69) is 5.32 Å². The molecule has 0 aliphatic rings. The molecule has 0 unspecified atom stereocenters. The van der Waals surface area contributed by atoms with Crippen molar-refractivity contribution in [1.29, 1.82) is 0 Å². The van der Waals surface area contributed by atoms with Crippen molar-refractivity contribution in [2.24, 2.45) is 5.41 Å². The maximum absolute atomic E-state index is 13.0. The number of carbonyl (C=O) groups excluding carboxylic acids is 3. The number of carbonyl (C=O) groups is 3. The highest BCUT2D eigenvalue weighted by Crippen LogP contribution is 2.32. The molecule has 1 aromatic rings. The summed E-state index contributed by atoms with van der Waals surface area (Å²) in [5, 5.41) is 2.71. The normalized spacial score (nSPS) is 11.8. The summed E-state index contributed by atoms with van der Waals surface area (Å²) in [6.07, 6.45) is -0.0312. The average molecular weight is 333 g/mol. The average Bonchev–Trinajstić information content (AvgIpc) is 2.36. The van der Waals surface area contributed by atoms with Gasteiger partial charge in [0.2, 0.25) is 5.91 Å². The Morgan fingerprint density at radius 1 is 1.08 bits per heavy atom. The highest BCUT2D eigenvalue weighted by Gasteiger charge is 2.34. The van der Waals surface area contributed by atoms with Gasteiger partial charge in [0.15, 0.2) is 5.78 Å². The molecular weight excluding hydrogens is 306 g/mol. The standard InChI is InChI=1S/C19H27NO4/c1-12-9-8-10-14(16(12)20-13(2)21)17(23)19(6,7)11-15(22)24-18(3,4)5/h8-10H,11H2,1-7H3,(H,20,21). The second-order valence-corrected chi connectivity index (χ2v) is 7.65. The number of ketones is 1. The minimum absolute atomic E-state index is 0.0312. The molecule has 0 aliphatic carbocycles. The molecule has 5 nitrogen and oxygen atoms in total. The molecule has 0 atom stereocenters. The van der Waals surface area contributed by atoms with E-state index in [0.717, 1.165) is 5.56 Å². The zero-order valence-electron chi connectivity index (χ0n) is 15.6. The Kier molecular flexibility index (Phi) is 5.93. The van der Waals surface area contributed by atoms with Crippen molar-refractivity contribution >= 4 is 23.3 Å². The molecule has 0 saturated carbocycles. The van der Waals surface area contributed by atoms with Gasteiger partial charge in [-0.1, -0.05) is 26.0 Å². The predicted octanol–water partition coefficient (Wildman–Crippen LogP) is 3.89. The van der Waals surface area contributed by atoms with Crippen LogP contribution in [0.4, 0.5) is 5.69 Å². The number of amides is 1. The van der Waals surface area contributed by atoms with Gasteiger partial charge in [0.05, 0.1) is 12.1 Å². The lowest BCUT2D eigenvalue weighted by atomic mass is 9.80. The van der Waals surface area contributed by atoms with Crippen molar-refractivity contribution in [3.05, 3.63) is 29.3 Å². The first-order chi connectivity index (χ1) is 10.8. The molecular formula is C19H27NO4. The summed E-state index contributed by atoms with van der Waals surface area (Å²) < 4.78 is 5.32. The van der Waals surface area contributed by atoms with Crippen LogP contribution in [0.1, 0.15) is 63.9 Å². The van der Waals surface area contributed by atoms with Crippen LogP contribution in [-0.4, -0.2) is 23.3 Å². The van der Waals surface area contributed by atoms with E-state index in [9.17, 15) is 14.4 Å². The van der Waals surface area contributed by atoms with Gasteiger partial charge in [-0.05, 0) is 39.3 Å². The summed E-state index contributed by atoms with van der Waals surface area (Å²) in [5.74, 6) is -0.876. The van der Waals surface area contributed by atoms with Crippen LogP contribution in [0.2, 0.25) is 0 Å². The minimum Gasteiger partial charge on any atom is -0.460 e. The first kappa shape index (κ1) is 19.9. The maximum atomic E-state index is 13.0. The fraction of sp³-hybridized carbons (Fsp3) is 0.526. The van der Waals surface area contributed by atoms with E-state index in [1.165, 1.54) is 6.92 Å². The van der Waals surface area contributed by atoms with Crippen molar-refractivity contribution in [3.8, 4) is 0 Å². The van der Waals surface area contributed by atoms with Crippen LogP contribution < -0.4 is 5.32 Å². The third-order valence-electron chi connectivity index (χ3n) is 3.44. The molecule has 0 aliphatic heterocycles. The summed E-state index contributed by atoms with van der Waals surface area (Å²) in [5.41, 5.74) is 0.152. The number of ether oxygens (including phenoxy) is 1. The fourth-order valence-electron chi connectivity index (χ4n) is 2.38. The number of Topliss-reactive ketones (excluding diaryl/α,β-unsaturated/α-hetero) is 1. The molecule has 5 heteroatoms. The number of hydrogen-bond acceptors (Lipinski definition) is 4. The predicted molar refractivity (Wildman–Crippen MR) is 94.1 cm³/mol. The van der Waals surface area contributed by atoms with E-state index in [1.54, 1.807) is 46.8 Å². The van der Waals surface area contributed by atoms with Crippen molar-refractivity contribution in [1.82, 2.24) is 0 Å². The lowest BCUT2D eigenvalue weighted by Gasteiger charge is -2.26. The molecule has 1 amide bonds. The third kappa shape index (κ3) is 5.48. The maximum Gasteiger partial charge on any atom is 0.307 e. The number of aryl methyl sites for hydroxylation is 1. The molecule has 0 aromatic heterocycles. The summed E-state index contributed by atoms with van der Waals surface area (Å²) in [6, 6.07) is 5.25. The van der Waals surface area contributed by atoms with Crippen LogP contribution in [0, 0.1) is 12.3 Å². The number of hydrogen-bond donors (Lipinski definition) is 1. The highest BCUT2D eigenvalue weighted by atomic mass is 16.6. The van der Waals surface area contributed by atoms with Gasteiger partial charge < -0.3 is 10.1 Å². The van der Waals surface area contributed by atoms with Crippen LogP contribution in [0.15, 0.2) is 18.2 Å². The van der Waals surface area contributed by atoms with Gasteiger partial charge in [-0.2, -0.15) is 0 Å². The molecule has 0 spiro atoms. The molecule has 0 radical (unpaired) electrons. The Morgan fingerprint density at radius 3 is 2.17 bits per heavy atom. The zero-order valence-corrected chi connectivity index (χ0v) is 15.6. The van der Waals surface area contributed by atoms with E-state index in [1.807, 2.05) is 13.0 Å². The number of para-hydroxylation sites is 1. The smallest absolute Gasteiger partial charge is 0.307 e. The molecule has 1 aromatic carbocycles. The lowest BCUT2D eigenvalue weighted by Crippen LogP contribution is -2.32. The van der Waals surface area contributed by atoms with Gasteiger partial charge in [-0.15, -0.1) is 0 Å². The molecule has 24 heavy (non-hydrogen) atoms. The molecule has 1 rings (SSSR count). The molecule has 1 N–H and O–H groups in total. The fourth-order valence-corrected chi connectivity index (χ4v) is 2.38. The van der Waals surface area contributed by atoms with Gasteiger partial charge in [0.1, 0.15) is 5.60 Å². The summed E-state index contributed by atoms with van der Waals surface area (Å²) >= 11 is 0. The van der Waals surface area contributed by atoms with E-state index in [4.69, 9.17) is 4.74 Å². The summed E-state index contributed by atoms with van der Waals surface area (Å²) in [7, 11) is 0. The Hall–Kier alpha value is -2.17. The summed E-state index contributed by atoms with van der Waals surface area (Å²) in [4.78, 5) is 36.5. The number of esters is 1. The third-order valence-corrected chi connectivity index (χ3v) is 3.44. The van der Waals surface area contributed by atoms with E-state index in [-0.39, 0.29) is 18.1 Å². The molecule has 132 valence electrons. The van der Waals surface area contributed by atoms with Crippen LogP contribution in [0.5, 0.6) is 0 Å². The zero-order chi connectivity index (χ0) is 18.7. The summed E-state index contributed by atoms with van der Waals surface area (Å²) in [6.45, 7) is 12.0. The van der Waals surface area contributed by atoms with Gasteiger partial charge in [-0.25, -0.2) is 0 Å². The van der Waals surface area contributed by atoms with Crippen molar-refractivity contribution in [3.63, 3.8) is 0 Å². The lowest BCUT2D eigenvalue weighted by molar-refractivity contribution is -0.156. The topological polar surface area (TPSA) is 72.5 Å². The molecule has 0 fully saturated rings. The number of rotatable bonds is 5. The minimum atomic E-state index is -0.941. The van der Waals surface area contributed by atoms with E-state index in [0.29, 0.717) is 11.3 Å². The van der Waals surface area contributed by atoms with E-state index < -0.39 is 17.0 Å². The first-order valence-electron chi connectivity index (χ1n) is 7.97.